The molecule has 0 unspecified atom stereocenters. The number of benzene rings is 2. The summed E-state index contributed by atoms with van der Waals surface area (Å²) in [7, 11) is 3.09. The maximum Gasteiger partial charge on any atom is 0.341 e. The summed E-state index contributed by atoms with van der Waals surface area (Å²) in [4.78, 5) is 36.1. The van der Waals surface area contributed by atoms with Gasteiger partial charge in [-0.1, -0.05) is 18.2 Å². The summed E-state index contributed by atoms with van der Waals surface area (Å²) >= 11 is 1.16. The minimum atomic E-state index is -0.611. The van der Waals surface area contributed by atoms with E-state index < -0.39 is 10.9 Å². The van der Waals surface area contributed by atoms with E-state index in [2.05, 4.69) is 5.32 Å². The van der Waals surface area contributed by atoms with Gasteiger partial charge in [0.2, 0.25) is 5.91 Å². The van der Waals surface area contributed by atoms with E-state index in [1.165, 1.54) is 12.1 Å². The number of rotatable bonds is 10. The van der Waals surface area contributed by atoms with Crippen molar-refractivity contribution in [1.29, 1.82) is 0 Å². The number of ether oxygens (including phenoxy) is 3. The van der Waals surface area contributed by atoms with Crippen LogP contribution in [0.3, 0.4) is 0 Å². The van der Waals surface area contributed by atoms with Gasteiger partial charge in [0.1, 0.15) is 10.6 Å². The van der Waals surface area contributed by atoms with Gasteiger partial charge in [0.05, 0.1) is 25.7 Å². The predicted molar refractivity (Wildman–Crippen MR) is 129 cm³/mol. The van der Waals surface area contributed by atoms with Gasteiger partial charge in [0, 0.05) is 29.5 Å². The fourth-order valence-electron chi connectivity index (χ4n) is 3.34. The third-order valence-corrected chi connectivity index (χ3v) is 5.88. The number of methoxy groups -OCH3 is 2. The van der Waals surface area contributed by atoms with Crippen LogP contribution in [0.15, 0.2) is 47.8 Å². The molecule has 0 aliphatic heterocycles. The van der Waals surface area contributed by atoms with E-state index in [9.17, 15) is 19.7 Å². The second kappa shape index (κ2) is 11.3. The van der Waals surface area contributed by atoms with Crippen LogP contribution >= 0.6 is 11.3 Å². The van der Waals surface area contributed by atoms with Gasteiger partial charge >= 0.3 is 5.97 Å². The zero-order chi connectivity index (χ0) is 24.7. The fourth-order valence-corrected chi connectivity index (χ4v) is 4.31. The highest BCUT2D eigenvalue weighted by Gasteiger charge is 2.23. The first-order chi connectivity index (χ1) is 16.4. The van der Waals surface area contributed by atoms with Crippen molar-refractivity contribution < 1.29 is 28.7 Å². The topological polar surface area (TPSA) is 117 Å². The number of carbonyl (C=O) groups is 2. The van der Waals surface area contributed by atoms with E-state index >= 15 is 0 Å². The summed E-state index contributed by atoms with van der Waals surface area (Å²) < 4.78 is 15.7. The lowest BCUT2D eigenvalue weighted by molar-refractivity contribution is -0.384. The Bertz CT molecular complexity index is 1210. The Morgan fingerprint density at radius 3 is 2.53 bits per heavy atom. The van der Waals surface area contributed by atoms with Gasteiger partial charge in [-0.15, -0.1) is 11.3 Å². The third kappa shape index (κ3) is 5.70. The number of nitrogens with one attached hydrogen (secondary N) is 1. The van der Waals surface area contributed by atoms with Crippen LogP contribution in [0.4, 0.5) is 10.7 Å². The molecule has 2 aromatic carbocycles. The Hall–Kier alpha value is -3.92. The van der Waals surface area contributed by atoms with Gasteiger partial charge in [-0.2, -0.15) is 0 Å². The zero-order valence-electron chi connectivity index (χ0n) is 19.0. The van der Waals surface area contributed by atoms with Gasteiger partial charge in [-0.05, 0) is 36.6 Å². The number of carbonyl (C=O) groups excluding carboxylic acids is 2. The highest BCUT2D eigenvalue weighted by atomic mass is 32.1. The van der Waals surface area contributed by atoms with Crippen LogP contribution in [0.2, 0.25) is 0 Å². The van der Waals surface area contributed by atoms with E-state index in [0.29, 0.717) is 34.0 Å². The Morgan fingerprint density at radius 2 is 1.85 bits per heavy atom. The number of esters is 1. The number of aryl methyl sites for hydroxylation is 1. The SMILES string of the molecule is CCOC(=O)c1c(-c2cccc([N+](=O)[O-])c2)csc1NC(=O)CCc1ccc(OC)c(OC)c1. The molecule has 1 aromatic heterocycles. The van der Waals surface area contributed by atoms with Gasteiger partial charge < -0.3 is 19.5 Å². The molecule has 10 heteroatoms. The maximum atomic E-state index is 12.7. The number of thiophene rings is 1. The van der Waals surface area contributed by atoms with Gasteiger partial charge in [-0.3, -0.25) is 14.9 Å². The molecular weight excluding hydrogens is 460 g/mol. The van der Waals surface area contributed by atoms with Crippen molar-refractivity contribution in [3.63, 3.8) is 0 Å². The summed E-state index contributed by atoms with van der Waals surface area (Å²) in [6.07, 6.45) is 0.617. The molecular formula is C24H24N2O7S. The number of hydrogen-bond donors (Lipinski definition) is 1. The second-order valence-electron chi connectivity index (χ2n) is 7.12. The molecule has 0 atom stereocenters. The van der Waals surface area contributed by atoms with E-state index in [4.69, 9.17) is 14.2 Å². The van der Waals surface area contributed by atoms with Crippen LogP contribution in [-0.4, -0.2) is 37.6 Å². The monoisotopic (exact) mass is 484 g/mol. The molecule has 34 heavy (non-hydrogen) atoms. The lowest BCUT2D eigenvalue weighted by Crippen LogP contribution is -2.15. The number of nitrogens with zero attached hydrogens (tertiary/aromatic N) is 1. The molecule has 1 N–H and O–H groups in total. The molecule has 3 rings (SSSR count). The Kier molecular flexibility index (Phi) is 8.20. The largest absolute Gasteiger partial charge is 0.493 e. The molecule has 0 saturated heterocycles. The van der Waals surface area contributed by atoms with Crippen molar-refractivity contribution in [2.75, 3.05) is 26.1 Å². The Balaban J connectivity index is 1.81. The molecule has 0 radical (unpaired) electrons. The predicted octanol–water partition coefficient (Wildman–Crippen LogP) is 5.09. The molecule has 0 aliphatic carbocycles. The molecule has 1 heterocycles. The minimum Gasteiger partial charge on any atom is -0.493 e. The molecule has 3 aromatic rings. The number of amides is 1. The van der Waals surface area contributed by atoms with Crippen molar-refractivity contribution in [2.24, 2.45) is 0 Å². The van der Waals surface area contributed by atoms with E-state index in [-0.39, 0.29) is 30.2 Å². The number of anilines is 1. The van der Waals surface area contributed by atoms with Crippen LogP contribution < -0.4 is 14.8 Å². The lowest BCUT2D eigenvalue weighted by atomic mass is 10.0. The molecule has 0 saturated carbocycles. The molecule has 9 nitrogen and oxygen atoms in total. The third-order valence-electron chi connectivity index (χ3n) is 4.98. The number of non-ortho nitro benzene ring substituents is 1. The molecule has 0 bridgehead atoms. The summed E-state index contributed by atoms with van der Waals surface area (Å²) in [5.41, 5.74) is 1.91. The van der Waals surface area contributed by atoms with E-state index in [1.807, 2.05) is 12.1 Å². The molecule has 0 fully saturated rings. The van der Waals surface area contributed by atoms with Crippen molar-refractivity contribution in [3.05, 3.63) is 69.1 Å². The second-order valence-corrected chi connectivity index (χ2v) is 8.00. The van der Waals surface area contributed by atoms with Crippen molar-refractivity contribution in [2.45, 2.75) is 19.8 Å². The van der Waals surface area contributed by atoms with E-state index in [0.717, 1.165) is 16.9 Å². The number of nitro groups is 1. The van der Waals surface area contributed by atoms with Crippen LogP contribution in [-0.2, 0) is 16.0 Å². The Morgan fingerprint density at radius 1 is 1.09 bits per heavy atom. The summed E-state index contributed by atoms with van der Waals surface area (Å²) in [6.45, 7) is 1.83. The highest BCUT2D eigenvalue weighted by Crippen LogP contribution is 2.37. The smallest absolute Gasteiger partial charge is 0.341 e. The first-order valence-electron chi connectivity index (χ1n) is 10.4. The quantitative estimate of drug-likeness (QED) is 0.242. The Labute approximate surface area is 200 Å². The van der Waals surface area contributed by atoms with Crippen LogP contribution in [0.1, 0.15) is 29.3 Å². The summed E-state index contributed by atoms with van der Waals surface area (Å²) in [6, 6.07) is 11.4. The summed E-state index contributed by atoms with van der Waals surface area (Å²) in [5, 5.41) is 16.0. The van der Waals surface area contributed by atoms with Gasteiger partial charge in [-0.25, -0.2) is 4.79 Å². The normalized spacial score (nSPS) is 10.4. The highest BCUT2D eigenvalue weighted by molar-refractivity contribution is 7.15. The first kappa shape index (κ1) is 24.7. The van der Waals surface area contributed by atoms with Crippen LogP contribution in [0, 0.1) is 10.1 Å². The van der Waals surface area contributed by atoms with Crippen molar-refractivity contribution in [3.8, 4) is 22.6 Å². The van der Waals surface area contributed by atoms with Gasteiger partial charge in [0.25, 0.3) is 5.69 Å². The van der Waals surface area contributed by atoms with Gasteiger partial charge in [0.15, 0.2) is 11.5 Å². The zero-order valence-corrected chi connectivity index (χ0v) is 19.8. The van der Waals surface area contributed by atoms with Crippen LogP contribution in [0.25, 0.3) is 11.1 Å². The average molecular weight is 485 g/mol. The van der Waals surface area contributed by atoms with Crippen LogP contribution in [0.5, 0.6) is 11.5 Å². The lowest BCUT2D eigenvalue weighted by Gasteiger charge is -2.10. The average Bonchev–Trinajstić information content (AvgIpc) is 3.26. The van der Waals surface area contributed by atoms with Crippen molar-refractivity contribution in [1.82, 2.24) is 0 Å². The molecule has 1 amide bonds. The minimum absolute atomic E-state index is 0.0981. The molecule has 178 valence electrons. The molecule has 0 aliphatic rings. The number of nitro benzene ring substituents is 1. The van der Waals surface area contributed by atoms with E-state index in [1.54, 1.807) is 44.7 Å². The standard InChI is InChI=1S/C24H24N2O7S/c1-4-33-24(28)22-18(16-6-5-7-17(13-16)26(29)30)14-34-23(22)25-21(27)11-9-15-8-10-19(31-2)20(12-15)32-3/h5-8,10,12-14H,4,9,11H2,1-3H3,(H,25,27). The maximum absolute atomic E-state index is 12.7. The first-order valence-corrected chi connectivity index (χ1v) is 11.3. The number of hydrogen-bond acceptors (Lipinski definition) is 8. The van der Waals surface area contributed by atoms with Crippen molar-refractivity contribution >= 4 is 33.9 Å². The fraction of sp³-hybridized carbons (Fsp3) is 0.250. The molecule has 0 spiro atoms. The summed E-state index contributed by atoms with van der Waals surface area (Å²) in [5.74, 6) is 0.278.